The van der Waals surface area contributed by atoms with Crippen LogP contribution in [0.5, 0.6) is 0 Å². The van der Waals surface area contributed by atoms with Gasteiger partial charge >= 0.3 is 31.2 Å². The van der Waals surface area contributed by atoms with Gasteiger partial charge in [-0.05, 0) is 97.2 Å². The predicted molar refractivity (Wildman–Crippen MR) is 148 cm³/mol. The van der Waals surface area contributed by atoms with Crippen molar-refractivity contribution in [2.24, 2.45) is 52.3 Å². The third-order valence-corrected chi connectivity index (χ3v) is 12.3. The zero-order valence-corrected chi connectivity index (χ0v) is 26.6. The second-order valence-corrected chi connectivity index (χ2v) is 16.7. The zero-order chi connectivity index (χ0) is 30.8. The Morgan fingerprint density at radius 1 is 0.683 bits per heavy atom. The first kappa shape index (κ1) is 33.2. The van der Waals surface area contributed by atoms with Crippen molar-refractivity contribution in [3.05, 3.63) is 12.2 Å². The van der Waals surface area contributed by atoms with Crippen molar-refractivity contribution >= 4 is 31.2 Å². The van der Waals surface area contributed by atoms with E-state index in [9.17, 15) is 38.9 Å². The molecule has 11 unspecified atom stereocenters. The van der Waals surface area contributed by atoms with Crippen LogP contribution in [0.25, 0.3) is 0 Å². The average molecular weight is 645 g/mol. The lowest BCUT2D eigenvalue weighted by molar-refractivity contribution is -0.183. The Labute approximate surface area is 244 Å². The molecule has 4 fully saturated rings. The van der Waals surface area contributed by atoms with Gasteiger partial charge < -0.3 is 0 Å². The van der Waals surface area contributed by atoms with Crippen LogP contribution in [0.1, 0.15) is 79.6 Å². The molecule has 41 heavy (non-hydrogen) atoms. The molecule has 3 N–H and O–H groups in total. The summed E-state index contributed by atoms with van der Waals surface area (Å²) in [5.41, 5.74) is -0.849. The quantitative estimate of drug-likeness (QED) is 0.239. The molecule has 0 radical (unpaired) electrons. The first-order valence-electron chi connectivity index (χ1n) is 14.3. The van der Waals surface area contributed by atoms with Crippen molar-refractivity contribution in [2.75, 3.05) is 0 Å². The van der Waals surface area contributed by atoms with E-state index < -0.39 is 60.8 Å². The van der Waals surface area contributed by atoms with Gasteiger partial charge in [0.2, 0.25) is 0 Å². The van der Waals surface area contributed by atoms with Crippen molar-refractivity contribution in [2.45, 2.75) is 97.9 Å². The minimum atomic E-state index is -5.06. The zero-order valence-electron chi connectivity index (χ0n) is 24.1. The van der Waals surface area contributed by atoms with Gasteiger partial charge in [-0.1, -0.05) is 46.8 Å². The van der Waals surface area contributed by atoms with Crippen molar-refractivity contribution in [1.82, 2.24) is 0 Å². The highest BCUT2D eigenvalue weighted by Gasteiger charge is 2.65. The number of hydrogen-bond donors (Lipinski definition) is 3. The Bertz CT molecular complexity index is 1330. The van der Waals surface area contributed by atoms with Crippen LogP contribution in [0, 0.1) is 52.3 Å². The van der Waals surface area contributed by atoms with E-state index in [2.05, 4.69) is 39.8 Å². The molecule has 4 saturated carbocycles. The van der Waals surface area contributed by atoms with E-state index in [1.165, 1.54) is 0 Å². The topological polar surface area (TPSA) is 191 Å². The predicted octanol–water partition coefficient (Wildman–Crippen LogP) is 4.28. The highest BCUT2D eigenvalue weighted by Crippen LogP contribution is 2.69. The minimum absolute atomic E-state index is 0.0153. The van der Waals surface area contributed by atoms with Crippen molar-refractivity contribution in [1.29, 1.82) is 0 Å². The van der Waals surface area contributed by atoms with Gasteiger partial charge in [0, 0.05) is 0 Å². The summed E-state index contributed by atoms with van der Waals surface area (Å²) in [4.78, 5) is 0. The fourth-order valence-electron chi connectivity index (χ4n) is 9.47. The summed E-state index contributed by atoms with van der Waals surface area (Å²) in [7, 11) is -15.0. The minimum Gasteiger partial charge on any atom is -0.264 e. The standard InChI is InChI=1S/C26H44O12S3/c1-15(2)6-7-16(3)18-8-9-19-17-12-22(36-39(27,28)29)21-13-23(37-40(30,31)32)24(38-41(33,34)35)14-26(21,5)20(17)10-11-25(18,19)4/h6-7,15-24H,8-14H2,1-5H3,(H,27,28,29)(H,30,31,32)(H,33,34,35). The van der Waals surface area contributed by atoms with Gasteiger partial charge in [0.1, 0.15) is 12.2 Å². The molecule has 0 aromatic carbocycles. The normalized spacial score (nSPS) is 42.6. The maximum atomic E-state index is 12.0. The van der Waals surface area contributed by atoms with Crippen LogP contribution in [-0.4, -0.2) is 57.2 Å². The summed E-state index contributed by atoms with van der Waals surface area (Å²) in [6.07, 6.45) is 4.00. The lowest BCUT2D eigenvalue weighted by atomic mass is 9.43. The van der Waals surface area contributed by atoms with Gasteiger partial charge in [-0.3, -0.25) is 13.7 Å². The SMILES string of the molecule is CC(C)C=CC(C)C1CCC2C3CC(OS(=O)(=O)O)C4CC(OS(=O)(=O)O)C(OS(=O)(=O)O)CC4(C)C3CCC12C. The van der Waals surface area contributed by atoms with E-state index in [1.807, 2.05) is 6.92 Å². The highest BCUT2D eigenvalue weighted by atomic mass is 32.3. The fourth-order valence-corrected chi connectivity index (χ4v) is 11.0. The Balaban J connectivity index is 1.72. The van der Waals surface area contributed by atoms with Crippen LogP contribution in [0.2, 0.25) is 0 Å². The third-order valence-electron chi connectivity index (χ3n) is 10.9. The Kier molecular flexibility index (Phi) is 9.22. The molecule has 0 aromatic rings. The van der Waals surface area contributed by atoms with Crippen LogP contribution in [0.15, 0.2) is 12.2 Å². The van der Waals surface area contributed by atoms with E-state index in [-0.39, 0.29) is 36.0 Å². The van der Waals surface area contributed by atoms with Crippen LogP contribution < -0.4 is 0 Å². The lowest BCUT2D eigenvalue weighted by Gasteiger charge is -2.63. The van der Waals surface area contributed by atoms with Gasteiger partial charge in [-0.15, -0.1) is 0 Å². The molecule has 4 aliphatic carbocycles. The maximum absolute atomic E-state index is 12.0. The molecule has 0 aromatic heterocycles. The first-order valence-corrected chi connectivity index (χ1v) is 18.4. The Hall–Kier alpha value is -0.650. The second kappa shape index (κ2) is 11.4. The number of hydrogen-bond acceptors (Lipinski definition) is 9. The summed E-state index contributed by atoms with van der Waals surface area (Å²) in [6.45, 7) is 10.7. The van der Waals surface area contributed by atoms with Gasteiger partial charge in [0.15, 0.2) is 0 Å². The van der Waals surface area contributed by atoms with Crippen LogP contribution >= 0.6 is 0 Å². The highest BCUT2D eigenvalue weighted by molar-refractivity contribution is 7.81. The molecule has 0 saturated heterocycles. The van der Waals surface area contributed by atoms with Crippen LogP contribution in [-0.2, 0) is 43.7 Å². The molecular weight excluding hydrogens is 600 g/mol. The average Bonchev–Trinajstić information content (AvgIpc) is 3.13. The molecule has 0 aliphatic heterocycles. The van der Waals surface area contributed by atoms with E-state index in [1.54, 1.807) is 0 Å². The molecule has 0 heterocycles. The molecular formula is C26H44O12S3. The van der Waals surface area contributed by atoms with Gasteiger partial charge in [-0.2, -0.15) is 25.3 Å². The first-order chi connectivity index (χ1) is 18.6. The molecule has 12 nitrogen and oxygen atoms in total. The van der Waals surface area contributed by atoms with Crippen LogP contribution in [0.3, 0.4) is 0 Å². The summed E-state index contributed by atoms with van der Waals surface area (Å²) in [6, 6.07) is 0. The molecule has 238 valence electrons. The third kappa shape index (κ3) is 7.19. The molecule has 4 aliphatic rings. The largest absolute Gasteiger partial charge is 0.397 e. The Morgan fingerprint density at radius 2 is 1.22 bits per heavy atom. The summed E-state index contributed by atoms with van der Waals surface area (Å²) in [5.74, 6) is 0.701. The Morgan fingerprint density at radius 3 is 1.78 bits per heavy atom. The summed E-state index contributed by atoms with van der Waals surface area (Å²) in [5, 5.41) is 0. The number of allylic oxidation sites excluding steroid dienone is 2. The van der Waals surface area contributed by atoms with E-state index in [4.69, 9.17) is 12.5 Å². The molecule has 15 heteroatoms. The van der Waals surface area contributed by atoms with Crippen LogP contribution in [0.4, 0.5) is 0 Å². The fraction of sp³-hybridized carbons (Fsp3) is 0.923. The van der Waals surface area contributed by atoms with Gasteiger partial charge in [0.25, 0.3) is 0 Å². The number of fused-ring (bicyclic) bond motifs is 5. The van der Waals surface area contributed by atoms with Crippen molar-refractivity contribution < 1.29 is 51.5 Å². The van der Waals surface area contributed by atoms with Crippen molar-refractivity contribution in [3.63, 3.8) is 0 Å². The van der Waals surface area contributed by atoms with E-state index >= 15 is 0 Å². The monoisotopic (exact) mass is 644 g/mol. The smallest absolute Gasteiger partial charge is 0.264 e. The summed E-state index contributed by atoms with van der Waals surface area (Å²) >= 11 is 0. The second-order valence-electron chi connectivity index (χ2n) is 13.6. The lowest BCUT2D eigenvalue weighted by Crippen LogP contribution is -2.62. The number of rotatable bonds is 9. The molecule has 0 spiro atoms. The van der Waals surface area contributed by atoms with Crippen molar-refractivity contribution in [3.8, 4) is 0 Å². The molecule has 4 rings (SSSR count). The van der Waals surface area contributed by atoms with E-state index in [0.717, 1.165) is 25.7 Å². The maximum Gasteiger partial charge on any atom is 0.397 e. The van der Waals surface area contributed by atoms with Gasteiger partial charge in [0.05, 0.1) is 6.10 Å². The molecule has 0 bridgehead atoms. The van der Waals surface area contributed by atoms with Gasteiger partial charge in [-0.25, -0.2) is 12.5 Å². The molecule has 0 amide bonds. The summed E-state index contributed by atoms with van der Waals surface area (Å²) < 4.78 is 114. The molecule has 11 atom stereocenters. The van der Waals surface area contributed by atoms with E-state index in [0.29, 0.717) is 24.2 Å².